The van der Waals surface area contributed by atoms with E-state index in [0.717, 1.165) is 33.5 Å². The summed E-state index contributed by atoms with van der Waals surface area (Å²) in [6.07, 6.45) is 3.43. The highest BCUT2D eigenvalue weighted by Crippen LogP contribution is 2.21. The van der Waals surface area contributed by atoms with Crippen molar-refractivity contribution in [3.05, 3.63) is 48.2 Å². The quantitative estimate of drug-likeness (QED) is 0.589. The Hall–Kier alpha value is -2.89. The molecule has 3 heterocycles. The minimum Gasteiger partial charge on any atom is -0.384 e. The van der Waals surface area contributed by atoms with Crippen molar-refractivity contribution in [3.8, 4) is 0 Å². The maximum atomic E-state index is 5.80. The zero-order valence-electron chi connectivity index (χ0n) is 11.5. The molecule has 6 nitrogen and oxygen atoms in total. The first kappa shape index (κ1) is 11.9. The number of nitrogen functional groups attached to an aromatic ring is 1. The molecule has 1 aromatic carbocycles. The second-order valence-corrected chi connectivity index (χ2v) is 5.06. The predicted octanol–water partition coefficient (Wildman–Crippen LogP) is 2.25. The van der Waals surface area contributed by atoms with Crippen LogP contribution in [-0.4, -0.2) is 24.5 Å². The molecule has 104 valence electrons. The summed E-state index contributed by atoms with van der Waals surface area (Å²) < 4.78 is 2.14. The van der Waals surface area contributed by atoms with Crippen LogP contribution >= 0.6 is 0 Å². The van der Waals surface area contributed by atoms with Crippen LogP contribution in [0.5, 0.6) is 0 Å². The van der Waals surface area contributed by atoms with Crippen LogP contribution < -0.4 is 5.73 Å². The third-order valence-electron chi connectivity index (χ3n) is 3.71. The largest absolute Gasteiger partial charge is 0.384 e. The van der Waals surface area contributed by atoms with Crippen molar-refractivity contribution in [2.24, 2.45) is 0 Å². The summed E-state index contributed by atoms with van der Waals surface area (Å²) in [7, 11) is 0. The van der Waals surface area contributed by atoms with Crippen molar-refractivity contribution in [1.82, 2.24) is 24.5 Å². The van der Waals surface area contributed by atoms with Crippen LogP contribution in [0.4, 0.5) is 5.82 Å². The predicted molar refractivity (Wildman–Crippen MR) is 81.9 cm³/mol. The van der Waals surface area contributed by atoms with Gasteiger partial charge in [-0.05, 0) is 18.6 Å². The van der Waals surface area contributed by atoms with Crippen molar-refractivity contribution in [3.63, 3.8) is 0 Å². The number of nitrogens with one attached hydrogen (secondary N) is 1. The molecule has 21 heavy (non-hydrogen) atoms. The average Bonchev–Trinajstić information content (AvgIpc) is 3.05. The number of aromatic nitrogens is 5. The molecule has 0 fully saturated rings. The SMILES string of the molecule is Cc1nc2cnc(N)cc2n1Cc1cccc2[nH]cnc12. The van der Waals surface area contributed by atoms with E-state index in [1.165, 1.54) is 0 Å². The van der Waals surface area contributed by atoms with Crippen LogP contribution in [0.1, 0.15) is 11.4 Å². The molecule has 4 aromatic rings. The topological polar surface area (TPSA) is 85.4 Å². The number of hydrogen-bond donors (Lipinski definition) is 2. The molecule has 0 saturated heterocycles. The Morgan fingerprint density at radius 1 is 1.29 bits per heavy atom. The maximum Gasteiger partial charge on any atom is 0.125 e. The van der Waals surface area contributed by atoms with Gasteiger partial charge in [0.1, 0.15) is 17.2 Å². The van der Waals surface area contributed by atoms with E-state index in [1.807, 2.05) is 25.1 Å². The molecule has 0 unspecified atom stereocenters. The normalized spacial score (nSPS) is 11.5. The first-order valence-corrected chi connectivity index (χ1v) is 6.72. The van der Waals surface area contributed by atoms with E-state index in [4.69, 9.17) is 5.73 Å². The molecule has 0 aliphatic carbocycles. The van der Waals surface area contributed by atoms with E-state index in [1.54, 1.807) is 12.5 Å². The van der Waals surface area contributed by atoms with Crippen LogP contribution in [-0.2, 0) is 6.54 Å². The van der Waals surface area contributed by atoms with Gasteiger partial charge in [0, 0.05) is 6.07 Å². The molecule has 0 radical (unpaired) electrons. The number of pyridine rings is 1. The minimum absolute atomic E-state index is 0.502. The molecule has 0 bridgehead atoms. The van der Waals surface area contributed by atoms with Gasteiger partial charge >= 0.3 is 0 Å². The Labute approximate surface area is 120 Å². The van der Waals surface area contributed by atoms with E-state index in [0.29, 0.717) is 12.4 Å². The van der Waals surface area contributed by atoms with Gasteiger partial charge in [0.05, 0.1) is 35.6 Å². The number of H-pyrrole nitrogens is 1. The van der Waals surface area contributed by atoms with Crippen LogP contribution in [0.15, 0.2) is 36.8 Å². The van der Waals surface area contributed by atoms with Gasteiger partial charge < -0.3 is 15.3 Å². The lowest BCUT2D eigenvalue weighted by molar-refractivity contribution is 0.789. The Bertz CT molecular complexity index is 949. The van der Waals surface area contributed by atoms with Crippen molar-refractivity contribution < 1.29 is 0 Å². The van der Waals surface area contributed by atoms with E-state index in [-0.39, 0.29) is 0 Å². The van der Waals surface area contributed by atoms with Gasteiger partial charge in [-0.1, -0.05) is 12.1 Å². The van der Waals surface area contributed by atoms with Gasteiger partial charge in [-0.15, -0.1) is 0 Å². The zero-order valence-corrected chi connectivity index (χ0v) is 11.5. The lowest BCUT2D eigenvalue weighted by Gasteiger charge is -2.08. The molecule has 6 heteroatoms. The standard InChI is InChI=1S/C15H14N6/c1-9-20-12-6-17-14(16)5-13(12)21(9)7-10-3-2-4-11-15(10)19-8-18-11/h2-6,8H,7H2,1H3,(H2,16,17)(H,18,19). The Morgan fingerprint density at radius 3 is 3.10 bits per heavy atom. The molecule has 0 spiro atoms. The van der Waals surface area contributed by atoms with Gasteiger partial charge in [0.25, 0.3) is 0 Å². The smallest absolute Gasteiger partial charge is 0.125 e. The number of hydrogen-bond acceptors (Lipinski definition) is 4. The fourth-order valence-electron chi connectivity index (χ4n) is 2.69. The van der Waals surface area contributed by atoms with Gasteiger partial charge in [0.15, 0.2) is 0 Å². The molecule has 0 aliphatic rings. The highest BCUT2D eigenvalue weighted by atomic mass is 15.1. The van der Waals surface area contributed by atoms with Crippen molar-refractivity contribution in [2.75, 3.05) is 5.73 Å². The Morgan fingerprint density at radius 2 is 2.19 bits per heavy atom. The first-order chi connectivity index (χ1) is 10.2. The lowest BCUT2D eigenvalue weighted by atomic mass is 10.2. The third kappa shape index (κ3) is 1.84. The van der Waals surface area contributed by atoms with Crippen molar-refractivity contribution >= 4 is 27.9 Å². The summed E-state index contributed by atoms with van der Waals surface area (Å²) in [4.78, 5) is 16.2. The summed E-state index contributed by atoms with van der Waals surface area (Å²) in [6, 6.07) is 7.99. The minimum atomic E-state index is 0.502. The molecular formula is C15H14N6. The number of benzene rings is 1. The molecule has 0 aliphatic heterocycles. The summed E-state index contributed by atoms with van der Waals surface area (Å²) in [5, 5.41) is 0. The monoisotopic (exact) mass is 278 g/mol. The molecule has 4 rings (SSSR count). The Kier molecular flexibility index (Phi) is 2.44. The number of aryl methyl sites for hydroxylation is 1. The molecule has 0 saturated carbocycles. The Balaban J connectivity index is 1.89. The van der Waals surface area contributed by atoms with E-state index >= 15 is 0 Å². The van der Waals surface area contributed by atoms with Crippen molar-refractivity contribution in [2.45, 2.75) is 13.5 Å². The van der Waals surface area contributed by atoms with Gasteiger partial charge in [-0.25, -0.2) is 15.0 Å². The third-order valence-corrected chi connectivity index (χ3v) is 3.71. The number of nitrogens with two attached hydrogens (primary N) is 1. The zero-order chi connectivity index (χ0) is 14.4. The first-order valence-electron chi connectivity index (χ1n) is 6.72. The van der Waals surface area contributed by atoms with Crippen LogP contribution in [0.2, 0.25) is 0 Å². The van der Waals surface area contributed by atoms with E-state index in [9.17, 15) is 0 Å². The van der Waals surface area contributed by atoms with Gasteiger partial charge in [-0.2, -0.15) is 0 Å². The summed E-state index contributed by atoms with van der Waals surface area (Å²) in [6.45, 7) is 2.69. The van der Waals surface area contributed by atoms with Crippen LogP contribution in [0.25, 0.3) is 22.1 Å². The lowest BCUT2D eigenvalue weighted by Crippen LogP contribution is -2.03. The highest BCUT2D eigenvalue weighted by molar-refractivity contribution is 5.80. The average molecular weight is 278 g/mol. The second-order valence-electron chi connectivity index (χ2n) is 5.06. The number of imidazole rings is 2. The summed E-state index contributed by atoms with van der Waals surface area (Å²) in [5.41, 5.74) is 10.8. The molecule has 0 amide bonds. The van der Waals surface area contributed by atoms with E-state index < -0.39 is 0 Å². The van der Waals surface area contributed by atoms with Gasteiger partial charge in [0.2, 0.25) is 0 Å². The number of para-hydroxylation sites is 1. The fourth-order valence-corrected chi connectivity index (χ4v) is 2.69. The van der Waals surface area contributed by atoms with Crippen molar-refractivity contribution in [1.29, 1.82) is 0 Å². The number of aromatic amines is 1. The highest BCUT2D eigenvalue weighted by Gasteiger charge is 2.11. The molecule has 3 N–H and O–H groups in total. The fraction of sp³-hybridized carbons (Fsp3) is 0.133. The number of rotatable bonds is 2. The summed E-state index contributed by atoms with van der Waals surface area (Å²) >= 11 is 0. The maximum absolute atomic E-state index is 5.80. The van der Waals surface area contributed by atoms with E-state index in [2.05, 4.69) is 30.6 Å². The number of fused-ring (bicyclic) bond motifs is 2. The van der Waals surface area contributed by atoms with Gasteiger partial charge in [-0.3, -0.25) is 0 Å². The summed E-state index contributed by atoms with van der Waals surface area (Å²) in [5.74, 6) is 1.44. The number of nitrogens with zero attached hydrogens (tertiary/aromatic N) is 4. The number of anilines is 1. The molecular weight excluding hydrogens is 264 g/mol. The molecule has 0 atom stereocenters. The van der Waals surface area contributed by atoms with Crippen LogP contribution in [0, 0.1) is 6.92 Å². The molecule has 3 aromatic heterocycles. The van der Waals surface area contributed by atoms with Crippen LogP contribution in [0.3, 0.4) is 0 Å². The second kappa shape index (κ2) is 4.31.